The molecule has 0 radical (unpaired) electrons. The number of hydrogen-bond donors (Lipinski definition) is 2. The molecule has 118 valence electrons. The molecule has 0 saturated carbocycles. The Morgan fingerprint density at radius 1 is 1.48 bits per heavy atom. The SMILES string of the molecule is COCC(O)Cn1nnc(C(=O)OC)c1C1CCNCC1. The second-order valence-electron chi connectivity index (χ2n) is 5.13. The van der Waals surface area contributed by atoms with Gasteiger partial charge in [-0.25, -0.2) is 9.48 Å². The van der Waals surface area contributed by atoms with Crippen LogP contribution in [0.3, 0.4) is 0 Å². The highest BCUT2D eigenvalue weighted by Crippen LogP contribution is 2.27. The number of aromatic nitrogens is 3. The Labute approximate surface area is 123 Å². The van der Waals surface area contributed by atoms with E-state index in [-0.39, 0.29) is 24.8 Å². The first-order valence-electron chi connectivity index (χ1n) is 7.06. The lowest BCUT2D eigenvalue weighted by molar-refractivity contribution is 0.0499. The highest BCUT2D eigenvalue weighted by Gasteiger charge is 2.29. The molecule has 0 bridgehead atoms. The van der Waals surface area contributed by atoms with Crippen molar-refractivity contribution in [1.29, 1.82) is 0 Å². The lowest BCUT2D eigenvalue weighted by Crippen LogP contribution is -2.30. The van der Waals surface area contributed by atoms with Crippen LogP contribution >= 0.6 is 0 Å². The summed E-state index contributed by atoms with van der Waals surface area (Å²) in [6.07, 6.45) is 1.11. The third-order valence-electron chi connectivity index (χ3n) is 3.62. The van der Waals surface area contributed by atoms with E-state index in [4.69, 9.17) is 9.47 Å². The number of aliphatic hydroxyl groups is 1. The molecule has 2 heterocycles. The van der Waals surface area contributed by atoms with Crippen molar-refractivity contribution < 1.29 is 19.4 Å². The fraction of sp³-hybridized carbons (Fsp3) is 0.769. The summed E-state index contributed by atoms with van der Waals surface area (Å²) in [5, 5.41) is 21.1. The van der Waals surface area contributed by atoms with E-state index in [1.165, 1.54) is 14.2 Å². The Morgan fingerprint density at radius 2 is 2.19 bits per heavy atom. The molecular formula is C13H22N4O4. The molecule has 2 N–H and O–H groups in total. The summed E-state index contributed by atoms with van der Waals surface area (Å²) in [6, 6.07) is 0. The number of hydrogen-bond acceptors (Lipinski definition) is 7. The molecule has 0 aromatic carbocycles. The number of methoxy groups -OCH3 is 2. The minimum atomic E-state index is -0.692. The van der Waals surface area contributed by atoms with Crippen LogP contribution in [0, 0.1) is 0 Å². The Morgan fingerprint density at radius 3 is 2.81 bits per heavy atom. The van der Waals surface area contributed by atoms with Crippen LogP contribution in [-0.2, 0) is 16.0 Å². The zero-order chi connectivity index (χ0) is 15.2. The third-order valence-corrected chi connectivity index (χ3v) is 3.62. The molecule has 1 fully saturated rings. The standard InChI is InChI=1S/C13H22N4O4/c1-20-8-10(18)7-17-12(9-3-5-14-6-4-9)11(15-16-17)13(19)21-2/h9-10,14,18H,3-8H2,1-2H3. The Kier molecular flexibility index (Phi) is 5.66. The van der Waals surface area contributed by atoms with E-state index in [1.54, 1.807) is 4.68 Å². The molecule has 2 rings (SSSR count). The van der Waals surface area contributed by atoms with Crippen LogP contribution in [0.5, 0.6) is 0 Å². The lowest BCUT2D eigenvalue weighted by atomic mass is 9.93. The summed E-state index contributed by atoms with van der Waals surface area (Å²) in [5.74, 6) is -0.305. The van der Waals surface area contributed by atoms with Gasteiger partial charge in [0.05, 0.1) is 32.1 Å². The number of esters is 1. The molecule has 1 unspecified atom stereocenters. The van der Waals surface area contributed by atoms with Crippen LogP contribution < -0.4 is 5.32 Å². The first-order chi connectivity index (χ1) is 10.2. The predicted molar refractivity (Wildman–Crippen MR) is 74.1 cm³/mol. The van der Waals surface area contributed by atoms with Gasteiger partial charge in [-0.3, -0.25) is 0 Å². The van der Waals surface area contributed by atoms with Gasteiger partial charge in [0.1, 0.15) is 0 Å². The van der Waals surface area contributed by atoms with Gasteiger partial charge in [-0.05, 0) is 25.9 Å². The lowest BCUT2D eigenvalue weighted by Gasteiger charge is -2.24. The number of nitrogens with one attached hydrogen (secondary N) is 1. The van der Waals surface area contributed by atoms with E-state index in [1.807, 2.05) is 0 Å². The van der Waals surface area contributed by atoms with Gasteiger partial charge in [0.2, 0.25) is 0 Å². The van der Waals surface area contributed by atoms with Gasteiger partial charge in [-0.1, -0.05) is 5.21 Å². The van der Waals surface area contributed by atoms with Crippen molar-refractivity contribution in [3.8, 4) is 0 Å². The Balaban J connectivity index is 2.26. The van der Waals surface area contributed by atoms with Crippen LogP contribution in [0.15, 0.2) is 0 Å². The molecule has 1 aromatic heterocycles. The van der Waals surface area contributed by atoms with Gasteiger partial charge in [0.25, 0.3) is 0 Å². The van der Waals surface area contributed by atoms with Gasteiger partial charge >= 0.3 is 5.97 Å². The Bertz CT molecular complexity index is 471. The summed E-state index contributed by atoms with van der Waals surface area (Å²) in [7, 11) is 2.85. The van der Waals surface area contributed by atoms with Gasteiger partial charge in [0.15, 0.2) is 5.69 Å². The van der Waals surface area contributed by atoms with Crippen molar-refractivity contribution in [2.24, 2.45) is 0 Å². The minimum absolute atomic E-state index is 0.185. The predicted octanol–water partition coefficient (Wildman–Crippen LogP) is -0.461. The van der Waals surface area contributed by atoms with E-state index >= 15 is 0 Å². The number of nitrogens with zero attached hydrogens (tertiary/aromatic N) is 3. The number of rotatable bonds is 6. The van der Waals surface area contributed by atoms with Crippen molar-refractivity contribution in [2.45, 2.75) is 31.4 Å². The van der Waals surface area contributed by atoms with Gasteiger partial charge < -0.3 is 19.9 Å². The molecule has 1 aromatic rings. The maximum absolute atomic E-state index is 11.9. The first kappa shape index (κ1) is 15.9. The quantitative estimate of drug-likeness (QED) is 0.686. The summed E-state index contributed by atoms with van der Waals surface area (Å²) in [6.45, 7) is 2.23. The van der Waals surface area contributed by atoms with Crippen molar-refractivity contribution >= 4 is 5.97 Å². The van der Waals surface area contributed by atoms with E-state index in [2.05, 4.69) is 15.6 Å². The third kappa shape index (κ3) is 3.78. The molecule has 0 amide bonds. The van der Waals surface area contributed by atoms with Crippen molar-refractivity contribution in [2.75, 3.05) is 33.9 Å². The normalized spacial score (nSPS) is 17.7. The number of ether oxygens (including phenoxy) is 2. The van der Waals surface area contributed by atoms with Crippen molar-refractivity contribution in [3.63, 3.8) is 0 Å². The molecule has 0 spiro atoms. The van der Waals surface area contributed by atoms with Gasteiger partial charge in [-0.2, -0.15) is 0 Å². The summed E-state index contributed by atoms with van der Waals surface area (Å²) in [4.78, 5) is 11.9. The number of piperidine rings is 1. The fourth-order valence-corrected chi connectivity index (χ4v) is 2.64. The summed E-state index contributed by atoms with van der Waals surface area (Å²) < 4.78 is 11.3. The summed E-state index contributed by atoms with van der Waals surface area (Å²) in [5.41, 5.74) is 0.993. The summed E-state index contributed by atoms with van der Waals surface area (Å²) >= 11 is 0. The first-order valence-corrected chi connectivity index (χ1v) is 7.06. The van der Waals surface area contributed by atoms with E-state index in [0.29, 0.717) is 0 Å². The second kappa shape index (κ2) is 7.48. The minimum Gasteiger partial charge on any atom is -0.464 e. The Hall–Kier alpha value is -1.51. The van der Waals surface area contributed by atoms with E-state index < -0.39 is 12.1 Å². The molecule has 8 heteroatoms. The zero-order valence-corrected chi connectivity index (χ0v) is 12.4. The van der Waals surface area contributed by atoms with Crippen LogP contribution in [-0.4, -0.2) is 66.1 Å². The van der Waals surface area contributed by atoms with Crippen LogP contribution in [0.1, 0.15) is 34.9 Å². The maximum Gasteiger partial charge on any atom is 0.360 e. The fourth-order valence-electron chi connectivity index (χ4n) is 2.64. The zero-order valence-electron chi connectivity index (χ0n) is 12.4. The van der Waals surface area contributed by atoms with E-state index in [0.717, 1.165) is 31.6 Å². The monoisotopic (exact) mass is 298 g/mol. The molecule has 1 saturated heterocycles. The molecule has 21 heavy (non-hydrogen) atoms. The van der Waals surface area contributed by atoms with Crippen LogP contribution in [0.2, 0.25) is 0 Å². The van der Waals surface area contributed by atoms with E-state index in [9.17, 15) is 9.90 Å². The van der Waals surface area contributed by atoms with Gasteiger partial charge in [0, 0.05) is 13.0 Å². The highest BCUT2D eigenvalue weighted by atomic mass is 16.5. The van der Waals surface area contributed by atoms with Crippen molar-refractivity contribution in [3.05, 3.63) is 11.4 Å². The highest BCUT2D eigenvalue weighted by molar-refractivity contribution is 5.88. The molecular weight excluding hydrogens is 276 g/mol. The smallest absolute Gasteiger partial charge is 0.360 e. The number of carbonyl (C=O) groups excluding carboxylic acids is 1. The molecule has 1 aliphatic rings. The number of aliphatic hydroxyl groups excluding tert-OH is 1. The molecule has 8 nitrogen and oxygen atoms in total. The topological polar surface area (TPSA) is 98.5 Å². The molecule has 1 aliphatic heterocycles. The second-order valence-corrected chi connectivity index (χ2v) is 5.13. The van der Waals surface area contributed by atoms with Crippen LogP contribution in [0.4, 0.5) is 0 Å². The average Bonchev–Trinajstić information content (AvgIpc) is 2.91. The van der Waals surface area contributed by atoms with Crippen LogP contribution in [0.25, 0.3) is 0 Å². The van der Waals surface area contributed by atoms with Gasteiger partial charge in [-0.15, -0.1) is 5.10 Å². The molecule has 0 aliphatic carbocycles. The number of carbonyl (C=O) groups is 1. The molecule has 1 atom stereocenters. The van der Waals surface area contributed by atoms with Crippen molar-refractivity contribution in [1.82, 2.24) is 20.3 Å². The largest absolute Gasteiger partial charge is 0.464 e. The maximum atomic E-state index is 11.9. The average molecular weight is 298 g/mol.